The highest BCUT2D eigenvalue weighted by Gasteiger charge is 2.55. The molecule has 2 heterocycles. The van der Waals surface area contributed by atoms with Crippen molar-refractivity contribution in [1.29, 1.82) is 0 Å². The Bertz CT molecular complexity index is 1270. The molecule has 14 heteroatoms. The first-order chi connectivity index (χ1) is 16.9. The van der Waals surface area contributed by atoms with Crippen molar-refractivity contribution in [3.05, 3.63) is 62.9 Å². The van der Waals surface area contributed by atoms with Crippen molar-refractivity contribution in [2.24, 2.45) is 0 Å². The van der Waals surface area contributed by atoms with Crippen LogP contribution in [-0.4, -0.2) is 56.3 Å². The van der Waals surface area contributed by atoms with E-state index in [1.54, 1.807) is 12.1 Å². The molecule has 0 amide bonds. The second-order valence-electron chi connectivity index (χ2n) is 9.06. The predicted octanol–water partition coefficient (Wildman–Crippen LogP) is 1.67. The number of hydrogen-bond donors (Lipinski definition) is 4. The first-order valence-electron chi connectivity index (χ1n) is 11.3. The molecule has 1 aliphatic heterocycles. The molecule has 6 atom stereocenters. The van der Waals surface area contributed by atoms with Gasteiger partial charge in [-0.25, -0.2) is 13.8 Å². The maximum absolute atomic E-state index is 15.4. The Balaban J connectivity index is 1.51. The first kappa shape index (κ1) is 26.2. The fraction of sp³-hybridized carbons (Fsp3) is 0.500. The number of aliphatic hydroxyl groups is 1. The van der Waals surface area contributed by atoms with Gasteiger partial charge in [0.15, 0.2) is 11.9 Å². The molecule has 0 radical (unpaired) electrons. The molecule has 2 fully saturated rings. The van der Waals surface area contributed by atoms with Gasteiger partial charge in [0.1, 0.15) is 24.0 Å². The third-order valence-electron chi connectivity index (χ3n) is 6.11. The van der Waals surface area contributed by atoms with Gasteiger partial charge in [-0.1, -0.05) is 12.1 Å². The van der Waals surface area contributed by atoms with Crippen molar-refractivity contribution in [3.63, 3.8) is 0 Å². The van der Waals surface area contributed by atoms with Crippen LogP contribution in [0.5, 0.6) is 5.75 Å². The number of rotatable bonds is 10. The quantitative estimate of drug-likeness (QED) is 0.334. The molecule has 2 aromatic rings. The number of aliphatic carboxylic acids is 1. The Labute approximate surface area is 204 Å². The van der Waals surface area contributed by atoms with E-state index < -0.39 is 61.7 Å². The minimum absolute atomic E-state index is 0.147. The molecule has 12 nitrogen and oxygen atoms in total. The van der Waals surface area contributed by atoms with Crippen LogP contribution < -0.4 is 20.9 Å². The van der Waals surface area contributed by atoms with Gasteiger partial charge >= 0.3 is 19.4 Å². The molecular weight excluding hydrogens is 500 g/mol. The zero-order chi connectivity index (χ0) is 26.3. The second kappa shape index (κ2) is 9.91. The lowest BCUT2D eigenvalue weighted by atomic mass is 9.98. The summed E-state index contributed by atoms with van der Waals surface area (Å²) in [4.78, 5) is 36.8. The molecule has 1 aromatic heterocycles. The SMILES string of the molecule is C[C@H](N[P@](=O)(OC[C@H]1O[C@@H](n2ccc(=O)[nH]c2=O)[C@](C)(F)[C@@H]1O)Oc1ccc(C2CC2)cc1)C(=O)O. The first-order valence-corrected chi connectivity index (χ1v) is 12.8. The molecule has 36 heavy (non-hydrogen) atoms. The minimum atomic E-state index is -4.36. The van der Waals surface area contributed by atoms with Gasteiger partial charge in [0.05, 0.1) is 6.61 Å². The highest BCUT2D eigenvalue weighted by molar-refractivity contribution is 7.52. The monoisotopic (exact) mass is 527 g/mol. The molecule has 4 rings (SSSR count). The van der Waals surface area contributed by atoms with Crippen LogP contribution in [0.4, 0.5) is 4.39 Å². The van der Waals surface area contributed by atoms with Crippen LogP contribution in [-0.2, 0) is 18.6 Å². The zero-order valence-electron chi connectivity index (χ0n) is 19.5. The van der Waals surface area contributed by atoms with Crippen molar-refractivity contribution in [2.75, 3.05) is 6.61 Å². The van der Waals surface area contributed by atoms with Gasteiger partial charge in [-0.3, -0.25) is 23.7 Å². The van der Waals surface area contributed by atoms with Crippen molar-refractivity contribution >= 4 is 13.7 Å². The Hall–Kier alpha value is -2.83. The van der Waals surface area contributed by atoms with E-state index in [2.05, 4.69) is 5.09 Å². The summed E-state index contributed by atoms with van der Waals surface area (Å²) in [5, 5.41) is 22.1. The number of halogens is 1. The molecule has 2 aliphatic rings. The maximum atomic E-state index is 15.4. The van der Waals surface area contributed by atoms with E-state index in [0.29, 0.717) is 5.92 Å². The molecule has 0 spiro atoms. The Morgan fingerprint density at radius 1 is 1.33 bits per heavy atom. The Morgan fingerprint density at radius 3 is 2.58 bits per heavy atom. The standard InChI is InChI=1S/C22H27FN3O9P/c1-12(19(29)30)25-36(32,35-15-7-5-14(6-8-15)13-3-4-13)33-11-16-18(28)22(2,23)20(34-16)26-10-9-17(27)24-21(26)31/h5-10,12-13,16,18,20,28H,3-4,11H2,1-2H3,(H,25,32)(H,29,30)(H,24,27,31)/t12-,16+,18+,20+,22+,36-/m0/s1. The molecule has 1 saturated carbocycles. The van der Waals surface area contributed by atoms with Gasteiger partial charge < -0.3 is 19.5 Å². The largest absolute Gasteiger partial charge is 0.480 e. The van der Waals surface area contributed by atoms with E-state index in [0.717, 1.165) is 42.2 Å². The molecular formula is C22H27FN3O9P. The second-order valence-corrected chi connectivity index (χ2v) is 10.8. The van der Waals surface area contributed by atoms with Crippen LogP contribution in [0, 0.1) is 0 Å². The maximum Gasteiger partial charge on any atom is 0.459 e. The van der Waals surface area contributed by atoms with Gasteiger partial charge in [0.2, 0.25) is 0 Å². The highest BCUT2D eigenvalue weighted by Crippen LogP contribution is 2.48. The molecule has 4 N–H and O–H groups in total. The third kappa shape index (κ3) is 5.60. The van der Waals surface area contributed by atoms with E-state index >= 15 is 4.39 Å². The third-order valence-corrected chi connectivity index (χ3v) is 7.75. The fourth-order valence-electron chi connectivity index (χ4n) is 3.87. The van der Waals surface area contributed by atoms with Crippen LogP contribution in [0.15, 0.2) is 46.1 Å². The van der Waals surface area contributed by atoms with Gasteiger partial charge in [-0.15, -0.1) is 0 Å². The number of carbonyl (C=O) groups is 1. The van der Waals surface area contributed by atoms with Crippen LogP contribution in [0.1, 0.15) is 44.4 Å². The van der Waals surface area contributed by atoms with Crippen LogP contribution in [0.3, 0.4) is 0 Å². The number of hydrogen-bond acceptors (Lipinski definition) is 8. The lowest BCUT2D eigenvalue weighted by molar-refractivity contribution is -0.138. The van der Waals surface area contributed by atoms with Gasteiger partial charge in [0.25, 0.3) is 5.56 Å². The highest BCUT2D eigenvalue weighted by atomic mass is 31.2. The number of aliphatic hydroxyl groups excluding tert-OH is 1. The smallest absolute Gasteiger partial charge is 0.459 e. The van der Waals surface area contributed by atoms with Gasteiger partial charge in [-0.2, -0.15) is 5.09 Å². The Morgan fingerprint density at radius 2 is 2.00 bits per heavy atom. The molecule has 1 saturated heterocycles. The summed E-state index contributed by atoms with van der Waals surface area (Å²) in [6.07, 6.45) is -1.68. The number of ether oxygens (including phenoxy) is 1. The van der Waals surface area contributed by atoms with E-state index in [1.165, 1.54) is 6.92 Å². The van der Waals surface area contributed by atoms with Crippen LogP contribution >= 0.6 is 7.75 Å². The summed E-state index contributed by atoms with van der Waals surface area (Å²) in [5.41, 5.74) is -3.05. The van der Waals surface area contributed by atoms with Gasteiger partial charge in [0, 0.05) is 12.3 Å². The number of carboxylic acid groups (broad SMARTS) is 1. The normalized spacial score (nSPS) is 28.4. The lowest BCUT2D eigenvalue weighted by Crippen LogP contribution is -2.43. The van der Waals surface area contributed by atoms with E-state index in [9.17, 15) is 29.2 Å². The van der Waals surface area contributed by atoms with E-state index in [4.69, 9.17) is 13.8 Å². The number of aromatic amines is 1. The number of aromatic nitrogens is 2. The molecule has 1 aliphatic carbocycles. The average molecular weight is 527 g/mol. The minimum Gasteiger partial charge on any atom is -0.480 e. The number of nitrogens with one attached hydrogen (secondary N) is 2. The molecule has 0 unspecified atom stereocenters. The number of alkyl halides is 1. The summed E-state index contributed by atoms with van der Waals surface area (Å²) < 4.78 is 46.0. The molecule has 1 aromatic carbocycles. The van der Waals surface area contributed by atoms with Crippen molar-refractivity contribution in [1.82, 2.24) is 14.6 Å². The van der Waals surface area contributed by atoms with Crippen molar-refractivity contribution < 1.29 is 37.7 Å². The number of nitrogens with zero attached hydrogens (tertiary/aromatic N) is 1. The lowest BCUT2D eigenvalue weighted by Gasteiger charge is -2.25. The van der Waals surface area contributed by atoms with Crippen LogP contribution in [0.25, 0.3) is 0 Å². The topological polar surface area (TPSA) is 169 Å². The number of H-pyrrole nitrogens is 1. The number of benzene rings is 1. The summed E-state index contributed by atoms with van der Waals surface area (Å²) in [5.74, 6) is -0.697. The molecule has 0 bridgehead atoms. The van der Waals surface area contributed by atoms with Crippen LogP contribution in [0.2, 0.25) is 0 Å². The fourth-order valence-corrected chi connectivity index (χ4v) is 5.38. The molecule has 196 valence electrons. The van der Waals surface area contributed by atoms with Crippen molar-refractivity contribution in [3.8, 4) is 5.75 Å². The Kier molecular flexibility index (Phi) is 7.22. The summed E-state index contributed by atoms with van der Waals surface area (Å²) in [6, 6.07) is 6.43. The van der Waals surface area contributed by atoms with E-state index in [-0.39, 0.29) is 5.75 Å². The number of carboxylic acids is 1. The summed E-state index contributed by atoms with van der Waals surface area (Å²) in [6.45, 7) is 1.56. The zero-order valence-corrected chi connectivity index (χ0v) is 20.4. The summed E-state index contributed by atoms with van der Waals surface area (Å²) in [7, 11) is -4.36. The average Bonchev–Trinajstić information content (AvgIpc) is 3.62. The van der Waals surface area contributed by atoms with E-state index in [1.807, 2.05) is 17.1 Å². The summed E-state index contributed by atoms with van der Waals surface area (Å²) >= 11 is 0. The van der Waals surface area contributed by atoms with Gasteiger partial charge in [-0.05, 0) is 50.3 Å². The van der Waals surface area contributed by atoms with Crippen molar-refractivity contribution in [2.45, 2.75) is 62.8 Å². The predicted molar refractivity (Wildman–Crippen MR) is 124 cm³/mol.